The van der Waals surface area contributed by atoms with E-state index >= 15 is 0 Å². The summed E-state index contributed by atoms with van der Waals surface area (Å²) in [7, 11) is 1.53. The Morgan fingerprint density at radius 2 is 2.33 bits per heavy atom. The van der Waals surface area contributed by atoms with Crippen LogP contribution in [-0.4, -0.2) is 13.0 Å². The Balaban J connectivity index is 2.84. The lowest BCUT2D eigenvalue weighted by Gasteiger charge is -2.11. The number of benzene rings is 1. The van der Waals surface area contributed by atoms with E-state index in [2.05, 4.69) is 5.32 Å². The minimum absolute atomic E-state index is 0.338. The van der Waals surface area contributed by atoms with Gasteiger partial charge in [-0.1, -0.05) is 24.9 Å². The average molecular weight is 267 g/mol. The summed E-state index contributed by atoms with van der Waals surface area (Å²) in [5.41, 5.74) is 0.456. The summed E-state index contributed by atoms with van der Waals surface area (Å²) in [6.07, 6.45) is 1.31. The number of nitriles is 1. The number of carbonyl (C=O) groups excluding carboxylic acids is 1. The predicted octanol–water partition coefficient (Wildman–Crippen LogP) is 3.23. The molecule has 1 atom stereocenters. The number of anilines is 1. The van der Waals surface area contributed by atoms with Gasteiger partial charge in [-0.05, 0) is 18.6 Å². The number of rotatable bonds is 5. The van der Waals surface area contributed by atoms with Crippen LogP contribution in [0.4, 0.5) is 5.69 Å². The molecule has 0 saturated carbocycles. The summed E-state index contributed by atoms with van der Waals surface area (Å²) in [6.45, 7) is 1.93. The molecule has 1 rings (SSSR count). The highest BCUT2D eigenvalue weighted by molar-refractivity contribution is 6.33. The van der Waals surface area contributed by atoms with E-state index in [9.17, 15) is 4.79 Å². The Kier molecular flexibility index (Phi) is 5.47. The van der Waals surface area contributed by atoms with Crippen LogP contribution in [0.2, 0.25) is 5.02 Å². The SMILES string of the molecule is CCCC(C#N)C(=O)Nc1cc(OC)ccc1Cl. The number of methoxy groups -OCH3 is 1. The van der Waals surface area contributed by atoms with E-state index in [-0.39, 0.29) is 5.91 Å². The van der Waals surface area contributed by atoms with Gasteiger partial charge in [-0.2, -0.15) is 5.26 Å². The highest BCUT2D eigenvalue weighted by Gasteiger charge is 2.17. The topological polar surface area (TPSA) is 62.1 Å². The fraction of sp³-hybridized carbons (Fsp3) is 0.385. The number of nitrogens with zero attached hydrogens (tertiary/aromatic N) is 1. The first-order chi connectivity index (χ1) is 8.62. The van der Waals surface area contributed by atoms with Crippen LogP contribution in [0.15, 0.2) is 18.2 Å². The molecular weight excluding hydrogens is 252 g/mol. The summed E-state index contributed by atoms with van der Waals surface area (Å²) in [4.78, 5) is 11.9. The second kappa shape index (κ2) is 6.87. The average Bonchev–Trinajstić information content (AvgIpc) is 2.38. The zero-order valence-electron chi connectivity index (χ0n) is 10.4. The number of nitrogens with one attached hydrogen (secondary N) is 1. The van der Waals surface area contributed by atoms with Gasteiger partial charge in [0.15, 0.2) is 0 Å². The molecule has 0 saturated heterocycles. The lowest BCUT2D eigenvalue weighted by molar-refractivity contribution is -0.118. The molecule has 4 nitrogen and oxygen atoms in total. The van der Waals surface area contributed by atoms with Crippen LogP contribution in [0.1, 0.15) is 19.8 Å². The number of amides is 1. The van der Waals surface area contributed by atoms with Gasteiger partial charge in [-0.15, -0.1) is 0 Å². The van der Waals surface area contributed by atoms with Crippen molar-refractivity contribution in [3.8, 4) is 11.8 Å². The lowest BCUT2D eigenvalue weighted by atomic mass is 10.0. The summed E-state index contributed by atoms with van der Waals surface area (Å²) in [5, 5.41) is 12.0. The highest BCUT2D eigenvalue weighted by Crippen LogP contribution is 2.27. The Morgan fingerprint density at radius 1 is 1.61 bits per heavy atom. The molecule has 0 spiro atoms. The fourth-order valence-electron chi connectivity index (χ4n) is 1.49. The molecule has 96 valence electrons. The zero-order valence-corrected chi connectivity index (χ0v) is 11.1. The molecule has 5 heteroatoms. The molecule has 0 radical (unpaired) electrons. The molecule has 18 heavy (non-hydrogen) atoms. The van der Waals surface area contributed by atoms with Crippen molar-refractivity contribution in [1.82, 2.24) is 0 Å². The van der Waals surface area contributed by atoms with Gasteiger partial charge in [0.25, 0.3) is 0 Å². The summed E-state index contributed by atoms with van der Waals surface area (Å²) < 4.78 is 5.05. The molecule has 1 unspecified atom stereocenters. The minimum atomic E-state index is -0.655. The standard InChI is InChI=1S/C13H15ClN2O2/c1-3-4-9(8-15)13(17)16-12-7-10(18-2)5-6-11(12)14/h5-7,9H,3-4H2,1-2H3,(H,16,17). The van der Waals surface area contributed by atoms with Gasteiger partial charge in [-0.25, -0.2) is 0 Å². The highest BCUT2D eigenvalue weighted by atomic mass is 35.5. The van der Waals surface area contributed by atoms with Crippen molar-refractivity contribution in [3.63, 3.8) is 0 Å². The van der Waals surface area contributed by atoms with Crippen molar-refractivity contribution in [1.29, 1.82) is 5.26 Å². The van der Waals surface area contributed by atoms with Crippen molar-refractivity contribution >= 4 is 23.2 Å². The van der Waals surface area contributed by atoms with Gasteiger partial charge in [0.2, 0.25) is 5.91 Å². The predicted molar refractivity (Wildman–Crippen MR) is 70.6 cm³/mol. The molecule has 0 aliphatic carbocycles. The lowest BCUT2D eigenvalue weighted by Crippen LogP contribution is -2.21. The number of hydrogen-bond donors (Lipinski definition) is 1. The molecular formula is C13H15ClN2O2. The Bertz CT molecular complexity index is 469. The van der Waals surface area contributed by atoms with E-state index in [1.54, 1.807) is 18.2 Å². The van der Waals surface area contributed by atoms with Gasteiger partial charge in [0, 0.05) is 6.07 Å². The monoisotopic (exact) mass is 266 g/mol. The molecule has 0 fully saturated rings. The van der Waals surface area contributed by atoms with Gasteiger partial charge in [-0.3, -0.25) is 4.79 Å². The smallest absolute Gasteiger partial charge is 0.241 e. The Labute approximate surface area is 112 Å². The van der Waals surface area contributed by atoms with Crippen molar-refractivity contribution in [3.05, 3.63) is 23.2 Å². The first-order valence-corrected chi connectivity index (χ1v) is 6.04. The van der Waals surface area contributed by atoms with E-state index in [4.69, 9.17) is 21.6 Å². The van der Waals surface area contributed by atoms with Crippen molar-refractivity contribution in [2.24, 2.45) is 5.92 Å². The first kappa shape index (κ1) is 14.3. The summed E-state index contributed by atoms with van der Waals surface area (Å²) in [5.74, 6) is -0.398. The molecule has 0 bridgehead atoms. The van der Waals surface area contributed by atoms with Crippen LogP contribution >= 0.6 is 11.6 Å². The molecule has 1 aromatic carbocycles. The molecule has 1 amide bonds. The van der Waals surface area contributed by atoms with Crippen molar-refractivity contribution in [2.75, 3.05) is 12.4 Å². The first-order valence-electron chi connectivity index (χ1n) is 5.66. The number of hydrogen-bond acceptors (Lipinski definition) is 3. The Morgan fingerprint density at radius 3 is 2.89 bits per heavy atom. The van der Waals surface area contributed by atoms with Crippen LogP contribution in [0.25, 0.3) is 0 Å². The van der Waals surface area contributed by atoms with Crippen molar-refractivity contribution < 1.29 is 9.53 Å². The van der Waals surface area contributed by atoms with E-state index in [1.165, 1.54) is 7.11 Å². The third-order valence-electron chi connectivity index (χ3n) is 2.48. The molecule has 1 N–H and O–H groups in total. The number of carbonyl (C=O) groups is 1. The minimum Gasteiger partial charge on any atom is -0.497 e. The number of ether oxygens (including phenoxy) is 1. The quantitative estimate of drug-likeness (QED) is 0.890. The fourth-order valence-corrected chi connectivity index (χ4v) is 1.65. The molecule has 0 aliphatic rings. The van der Waals surface area contributed by atoms with Gasteiger partial charge >= 0.3 is 0 Å². The van der Waals surface area contributed by atoms with E-state index in [1.807, 2.05) is 13.0 Å². The third-order valence-corrected chi connectivity index (χ3v) is 2.81. The summed E-state index contributed by atoms with van der Waals surface area (Å²) in [6, 6.07) is 6.95. The largest absolute Gasteiger partial charge is 0.497 e. The normalized spacial score (nSPS) is 11.4. The second-order valence-corrected chi connectivity index (χ2v) is 4.21. The zero-order chi connectivity index (χ0) is 13.5. The second-order valence-electron chi connectivity index (χ2n) is 3.81. The number of halogens is 1. The van der Waals surface area contributed by atoms with Crippen LogP contribution in [0.5, 0.6) is 5.75 Å². The summed E-state index contributed by atoms with van der Waals surface area (Å²) >= 11 is 5.97. The molecule has 0 aliphatic heterocycles. The third kappa shape index (κ3) is 3.64. The van der Waals surface area contributed by atoms with Crippen LogP contribution in [0.3, 0.4) is 0 Å². The molecule has 0 heterocycles. The van der Waals surface area contributed by atoms with E-state index < -0.39 is 5.92 Å². The van der Waals surface area contributed by atoms with Crippen molar-refractivity contribution in [2.45, 2.75) is 19.8 Å². The van der Waals surface area contributed by atoms with Crippen LogP contribution in [0, 0.1) is 17.2 Å². The van der Waals surface area contributed by atoms with Gasteiger partial charge in [0.05, 0.1) is 23.9 Å². The van der Waals surface area contributed by atoms with E-state index in [0.717, 1.165) is 6.42 Å². The molecule has 0 aromatic heterocycles. The molecule has 1 aromatic rings. The van der Waals surface area contributed by atoms with Gasteiger partial charge < -0.3 is 10.1 Å². The van der Waals surface area contributed by atoms with Crippen LogP contribution in [-0.2, 0) is 4.79 Å². The van der Waals surface area contributed by atoms with Crippen LogP contribution < -0.4 is 10.1 Å². The van der Waals surface area contributed by atoms with Gasteiger partial charge in [0.1, 0.15) is 11.7 Å². The maximum atomic E-state index is 11.9. The maximum absolute atomic E-state index is 11.9. The van der Waals surface area contributed by atoms with E-state index in [0.29, 0.717) is 22.9 Å². The Hall–Kier alpha value is -1.73. The maximum Gasteiger partial charge on any atom is 0.241 e.